The maximum absolute atomic E-state index is 14.7. The first-order chi connectivity index (χ1) is 22.3. The molecular weight excluding hydrogens is 681 g/mol. The van der Waals surface area contributed by atoms with Crippen LogP contribution in [0.4, 0.5) is 5.69 Å². The number of methoxy groups -OCH3 is 1. The van der Waals surface area contributed by atoms with Gasteiger partial charge in [0, 0.05) is 39.6 Å². The smallest absolute Gasteiger partial charge is 0.264 e. The maximum atomic E-state index is 14.7. The summed E-state index contributed by atoms with van der Waals surface area (Å²) in [5.74, 6) is -0.927. The Labute approximate surface area is 291 Å². The molecule has 4 aromatic rings. The molecule has 0 aromatic heterocycles. The van der Waals surface area contributed by atoms with Crippen LogP contribution in [0.1, 0.15) is 30.5 Å². The van der Waals surface area contributed by atoms with E-state index >= 15 is 0 Å². The zero-order valence-corrected chi connectivity index (χ0v) is 29.5. The molecule has 0 saturated carbocycles. The quantitative estimate of drug-likeness (QED) is 0.157. The summed E-state index contributed by atoms with van der Waals surface area (Å²) in [7, 11) is -2.98. The first kappa shape index (κ1) is 36.1. The van der Waals surface area contributed by atoms with Crippen molar-refractivity contribution in [3.8, 4) is 5.75 Å². The molecule has 47 heavy (non-hydrogen) atoms. The van der Waals surface area contributed by atoms with Crippen LogP contribution in [0.2, 0.25) is 15.1 Å². The third-order valence-electron chi connectivity index (χ3n) is 7.39. The first-order valence-electron chi connectivity index (χ1n) is 14.8. The van der Waals surface area contributed by atoms with Crippen molar-refractivity contribution >= 4 is 62.3 Å². The molecule has 0 spiro atoms. The van der Waals surface area contributed by atoms with Gasteiger partial charge < -0.3 is 15.0 Å². The Morgan fingerprint density at radius 1 is 0.872 bits per heavy atom. The molecule has 1 N–H and O–H groups in total. The Kier molecular flexibility index (Phi) is 12.2. The van der Waals surface area contributed by atoms with Crippen LogP contribution in [-0.2, 0) is 32.6 Å². The number of hydrogen-bond donors (Lipinski definition) is 1. The van der Waals surface area contributed by atoms with Gasteiger partial charge in [-0.2, -0.15) is 0 Å². The van der Waals surface area contributed by atoms with Crippen molar-refractivity contribution in [1.29, 1.82) is 0 Å². The summed E-state index contributed by atoms with van der Waals surface area (Å²) in [5.41, 5.74) is 2.11. The van der Waals surface area contributed by atoms with Crippen LogP contribution in [0.15, 0.2) is 95.9 Å². The lowest BCUT2D eigenvalue weighted by atomic mass is 10.0. The fraction of sp³-hybridized carbons (Fsp3) is 0.257. The monoisotopic (exact) mass is 715 g/mol. The van der Waals surface area contributed by atoms with Crippen LogP contribution >= 0.6 is 34.8 Å². The largest absolute Gasteiger partial charge is 0.495 e. The first-order valence-corrected chi connectivity index (χ1v) is 17.4. The molecule has 0 aliphatic heterocycles. The Bertz CT molecular complexity index is 1800. The zero-order chi connectivity index (χ0) is 34.3. The van der Waals surface area contributed by atoms with Crippen molar-refractivity contribution in [2.45, 2.75) is 50.7 Å². The lowest BCUT2D eigenvalue weighted by Crippen LogP contribution is -2.54. The highest BCUT2D eigenvalue weighted by molar-refractivity contribution is 7.92. The zero-order valence-electron chi connectivity index (χ0n) is 26.4. The number of sulfonamides is 1. The predicted molar refractivity (Wildman–Crippen MR) is 188 cm³/mol. The van der Waals surface area contributed by atoms with Crippen LogP contribution in [0.25, 0.3) is 0 Å². The Hall–Kier alpha value is -3.76. The predicted octanol–water partition coefficient (Wildman–Crippen LogP) is 7.32. The molecule has 1 atom stereocenters. The minimum absolute atomic E-state index is 0.0444. The lowest BCUT2D eigenvalue weighted by Gasteiger charge is -2.34. The van der Waals surface area contributed by atoms with Crippen LogP contribution < -0.4 is 14.4 Å². The lowest BCUT2D eigenvalue weighted by molar-refractivity contribution is -0.140. The molecule has 248 valence electrons. The molecule has 4 rings (SSSR count). The Balaban J connectivity index is 1.89. The van der Waals surface area contributed by atoms with Crippen molar-refractivity contribution in [3.05, 3.63) is 123 Å². The average molecular weight is 717 g/mol. The van der Waals surface area contributed by atoms with E-state index < -0.39 is 34.4 Å². The highest BCUT2D eigenvalue weighted by Crippen LogP contribution is 2.35. The molecule has 0 bridgehead atoms. The number of carbonyl (C=O) groups is 2. The van der Waals surface area contributed by atoms with Crippen LogP contribution in [0.3, 0.4) is 0 Å². The number of rotatable bonds is 13. The minimum Gasteiger partial charge on any atom is -0.495 e. The van der Waals surface area contributed by atoms with Gasteiger partial charge in [0.2, 0.25) is 11.8 Å². The Morgan fingerprint density at radius 2 is 1.51 bits per heavy atom. The van der Waals surface area contributed by atoms with Gasteiger partial charge in [-0.25, -0.2) is 8.42 Å². The van der Waals surface area contributed by atoms with E-state index in [4.69, 9.17) is 39.5 Å². The van der Waals surface area contributed by atoms with Crippen molar-refractivity contribution in [3.63, 3.8) is 0 Å². The molecular formula is C35H36Cl3N3O5S. The van der Waals surface area contributed by atoms with Gasteiger partial charge in [-0.05, 0) is 68.8 Å². The van der Waals surface area contributed by atoms with Gasteiger partial charge >= 0.3 is 0 Å². The summed E-state index contributed by atoms with van der Waals surface area (Å²) in [5, 5.41) is 3.73. The summed E-state index contributed by atoms with van der Waals surface area (Å²) in [6, 6.07) is 23.6. The number of hydrogen-bond acceptors (Lipinski definition) is 5. The number of anilines is 1. The van der Waals surface area contributed by atoms with Crippen LogP contribution in [0, 0.1) is 6.92 Å². The van der Waals surface area contributed by atoms with Gasteiger partial charge in [-0.1, -0.05) is 88.9 Å². The normalized spacial score (nSPS) is 12.0. The molecule has 0 unspecified atom stereocenters. The van der Waals surface area contributed by atoms with E-state index in [9.17, 15) is 18.0 Å². The second kappa shape index (κ2) is 15.9. The van der Waals surface area contributed by atoms with Gasteiger partial charge in [0.1, 0.15) is 18.3 Å². The number of nitrogens with zero attached hydrogens (tertiary/aromatic N) is 2. The van der Waals surface area contributed by atoms with Gasteiger partial charge in [-0.15, -0.1) is 0 Å². The van der Waals surface area contributed by atoms with Gasteiger partial charge in [0.25, 0.3) is 10.0 Å². The van der Waals surface area contributed by atoms with E-state index in [0.717, 1.165) is 15.4 Å². The number of benzene rings is 4. The minimum atomic E-state index is -4.37. The standard InChI is InChI=1S/C35H36Cl3N3O5S/c1-23(2)39-35(43)32(19-25-9-6-5-7-10-25)40(21-28-29(37)11-8-12-30(28)38)34(42)22-41(31-20-26(36)15-18-33(31)46-4)47(44,45)27-16-13-24(3)14-17-27/h5-18,20,23,32H,19,21-22H2,1-4H3,(H,39,43)/t32-/m1/s1. The van der Waals surface area contributed by atoms with Gasteiger partial charge in [0.05, 0.1) is 17.7 Å². The Morgan fingerprint density at radius 3 is 2.11 bits per heavy atom. The molecule has 12 heteroatoms. The van der Waals surface area contributed by atoms with E-state index in [0.29, 0.717) is 15.6 Å². The third kappa shape index (κ3) is 8.99. The van der Waals surface area contributed by atoms with E-state index in [-0.39, 0.29) is 40.4 Å². The number of aryl methyl sites for hydroxylation is 1. The van der Waals surface area contributed by atoms with Gasteiger partial charge in [0.15, 0.2) is 0 Å². The molecule has 0 aliphatic carbocycles. The van der Waals surface area contributed by atoms with Crippen LogP contribution in [0.5, 0.6) is 5.75 Å². The summed E-state index contributed by atoms with van der Waals surface area (Å²) >= 11 is 19.5. The molecule has 0 aliphatic rings. The molecule has 2 amide bonds. The molecule has 8 nitrogen and oxygen atoms in total. The summed E-state index contributed by atoms with van der Waals surface area (Å²) in [4.78, 5) is 29.8. The van der Waals surface area contributed by atoms with Gasteiger partial charge in [-0.3, -0.25) is 13.9 Å². The molecule has 0 heterocycles. The summed E-state index contributed by atoms with van der Waals surface area (Å²) in [6.07, 6.45) is 0.137. The summed E-state index contributed by atoms with van der Waals surface area (Å²) in [6.45, 7) is 4.59. The number of carbonyl (C=O) groups excluding carboxylic acids is 2. The number of halogens is 3. The fourth-order valence-corrected chi connectivity index (χ4v) is 7.10. The average Bonchev–Trinajstić information content (AvgIpc) is 3.03. The fourth-order valence-electron chi connectivity index (χ4n) is 5.00. The molecule has 0 fully saturated rings. The highest BCUT2D eigenvalue weighted by atomic mass is 35.5. The summed E-state index contributed by atoms with van der Waals surface area (Å²) < 4.78 is 35.1. The number of nitrogens with one attached hydrogen (secondary N) is 1. The SMILES string of the molecule is COc1ccc(Cl)cc1N(CC(=O)N(Cc1c(Cl)cccc1Cl)[C@H](Cc1ccccc1)C(=O)NC(C)C)S(=O)(=O)c1ccc(C)cc1. The molecule has 0 radical (unpaired) electrons. The molecule has 0 saturated heterocycles. The maximum Gasteiger partial charge on any atom is 0.264 e. The number of amides is 2. The topological polar surface area (TPSA) is 96.0 Å². The van der Waals surface area contributed by atoms with Crippen molar-refractivity contribution < 1.29 is 22.7 Å². The van der Waals surface area contributed by atoms with Crippen molar-refractivity contribution in [1.82, 2.24) is 10.2 Å². The van der Waals surface area contributed by atoms with Crippen LogP contribution in [-0.4, -0.2) is 50.9 Å². The molecule has 4 aromatic carbocycles. The van der Waals surface area contributed by atoms with E-state index in [1.807, 2.05) is 51.1 Å². The third-order valence-corrected chi connectivity index (χ3v) is 10.1. The number of ether oxygens (including phenoxy) is 1. The van der Waals surface area contributed by atoms with E-state index in [1.54, 1.807) is 36.4 Å². The second-order valence-electron chi connectivity index (χ2n) is 11.2. The van der Waals surface area contributed by atoms with E-state index in [1.165, 1.54) is 36.3 Å². The van der Waals surface area contributed by atoms with E-state index in [2.05, 4.69) is 5.32 Å². The highest BCUT2D eigenvalue weighted by Gasteiger charge is 2.36. The van der Waals surface area contributed by atoms with Crippen molar-refractivity contribution in [2.75, 3.05) is 18.0 Å². The second-order valence-corrected chi connectivity index (χ2v) is 14.3. The van der Waals surface area contributed by atoms with Crippen molar-refractivity contribution in [2.24, 2.45) is 0 Å².